The number of hydrogen-bond donors (Lipinski definition) is 0. The van der Waals surface area contributed by atoms with E-state index in [1.807, 2.05) is 61.7 Å². The highest BCUT2D eigenvalue weighted by atomic mass is 32.2. The monoisotopic (exact) mass is 445 g/mol. The van der Waals surface area contributed by atoms with Gasteiger partial charge in [0.05, 0.1) is 23.8 Å². The van der Waals surface area contributed by atoms with Gasteiger partial charge in [-0.2, -0.15) is 0 Å². The first-order valence-electron chi connectivity index (χ1n) is 9.39. The minimum absolute atomic E-state index is 0.109. The average molecular weight is 446 g/mol. The Morgan fingerprint density at radius 1 is 1.14 bits per heavy atom. The van der Waals surface area contributed by atoms with Gasteiger partial charge in [0, 0.05) is 4.90 Å². The van der Waals surface area contributed by atoms with Gasteiger partial charge in [0.1, 0.15) is 0 Å². The molecule has 0 saturated carbocycles. The molecule has 1 heterocycles. The fourth-order valence-corrected chi connectivity index (χ4v) is 4.56. The molecule has 152 valence electrons. The predicted molar refractivity (Wildman–Crippen MR) is 127 cm³/mol. The van der Waals surface area contributed by atoms with Crippen molar-refractivity contribution in [1.82, 2.24) is 0 Å². The Kier molecular flexibility index (Phi) is 7.64. The highest BCUT2D eigenvalue weighted by Gasteiger charge is 2.33. The van der Waals surface area contributed by atoms with Gasteiger partial charge in [0.15, 0.2) is 15.8 Å². The number of carbonyl (C=O) groups is 1. The lowest BCUT2D eigenvalue weighted by Gasteiger charge is -2.15. The van der Waals surface area contributed by atoms with E-state index in [1.54, 1.807) is 16.7 Å². The van der Waals surface area contributed by atoms with E-state index in [0.717, 1.165) is 22.6 Å². The van der Waals surface area contributed by atoms with E-state index in [0.29, 0.717) is 33.9 Å². The van der Waals surface area contributed by atoms with E-state index in [-0.39, 0.29) is 5.91 Å². The van der Waals surface area contributed by atoms with Crippen LogP contribution in [-0.2, 0) is 4.79 Å². The van der Waals surface area contributed by atoms with Crippen LogP contribution >= 0.6 is 35.7 Å². The molecule has 3 rings (SSSR count). The maximum Gasteiger partial charge on any atom is 0.270 e. The number of thiocarbonyl (C=S) groups is 1. The van der Waals surface area contributed by atoms with Crippen LogP contribution in [-0.4, -0.2) is 29.7 Å². The second kappa shape index (κ2) is 10.2. The number of amides is 1. The van der Waals surface area contributed by atoms with E-state index in [4.69, 9.17) is 21.7 Å². The molecule has 1 aliphatic heterocycles. The smallest absolute Gasteiger partial charge is 0.270 e. The van der Waals surface area contributed by atoms with Crippen LogP contribution in [0.5, 0.6) is 11.5 Å². The van der Waals surface area contributed by atoms with Crippen molar-refractivity contribution in [2.45, 2.75) is 25.2 Å². The third kappa shape index (κ3) is 5.15. The fourth-order valence-electron chi connectivity index (χ4n) is 2.81. The zero-order chi connectivity index (χ0) is 20.8. The molecule has 1 aliphatic rings. The standard InChI is InChI=1S/C22H23NO3S3/c1-4-11-26-18-10-9-15(12-19(18)25-5-2)13-20-21(24)23(22(27)29-20)16-7-6-8-17(14-16)28-3/h6-10,12-14H,4-5,11H2,1-3H3/b20-13-. The van der Waals surface area contributed by atoms with E-state index in [1.165, 1.54) is 11.8 Å². The normalized spacial score (nSPS) is 15.3. The van der Waals surface area contributed by atoms with E-state index < -0.39 is 0 Å². The average Bonchev–Trinajstić information content (AvgIpc) is 3.00. The van der Waals surface area contributed by atoms with Crippen molar-refractivity contribution < 1.29 is 14.3 Å². The first-order valence-corrected chi connectivity index (χ1v) is 11.8. The van der Waals surface area contributed by atoms with Crippen LogP contribution in [0.3, 0.4) is 0 Å². The maximum atomic E-state index is 13.0. The summed E-state index contributed by atoms with van der Waals surface area (Å²) in [5, 5.41) is 0. The van der Waals surface area contributed by atoms with E-state index >= 15 is 0 Å². The number of nitrogens with zero attached hydrogens (tertiary/aromatic N) is 1. The number of ether oxygens (including phenoxy) is 2. The van der Waals surface area contributed by atoms with Crippen LogP contribution in [0.25, 0.3) is 6.08 Å². The Balaban J connectivity index is 1.87. The quantitative estimate of drug-likeness (QED) is 0.282. The summed E-state index contributed by atoms with van der Waals surface area (Å²) >= 11 is 8.43. The zero-order valence-corrected chi connectivity index (χ0v) is 19.1. The predicted octanol–water partition coefficient (Wildman–Crippen LogP) is 6.00. The Morgan fingerprint density at radius 3 is 2.69 bits per heavy atom. The Morgan fingerprint density at radius 2 is 1.97 bits per heavy atom. The minimum Gasteiger partial charge on any atom is -0.490 e. The van der Waals surface area contributed by atoms with Gasteiger partial charge in [-0.25, -0.2) is 0 Å². The lowest BCUT2D eigenvalue weighted by Crippen LogP contribution is -2.27. The summed E-state index contributed by atoms with van der Waals surface area (Å²) in [5.41, 5.74) is 1.66. The van der Waals surface area contributed by atoms with Crippen LogP contribution < -0.4 is 14.4 Å². The largest absolute Gasteiger partial charge is 0.490 e. The number of anilines is 1. The third-order valence-electron chi connectivity index (χ3n) is 4.13. The molecule has 0 aromatic heterocycles. The summed E-state index contributed by atoms with van der Waals surface area (Å²) in [6.45, 7) is 5.17. The van der Waals surface area contributed by atoms with E-state index in [9.17, 15) is 4.79 Å². The molecule has 1 saturated heterocycles. The maximum absolute atomic E-state index is 13.0. The molecule has 0 radical (unpaired) electrons. The number of rotatable bonds is 8. The molecule has 0 N–H and O–H groups in total. The molecule has 1 amide bonds. The Hall–Kier alpha value is -1.96. The van der Waals surface area contributed by atoms with Crippen molar-refractivity contribution in [3.8, 4) is 11.5 Å². The highest BCUT2D eigenvalue weighted by molar-refractivity contribution is 8.27. The first kappa shape index (κ1) is 21.7. The number of thioether (sulfide) groups is 2. The minimum atomic E-state index is -0.109. The SMILES string of the molecule is CCCOc1ccc(/C=C2\SC(=S)N(c3cccc(SC)c3)C2=O)cc1OCC. The third-order valence-corrected chi connectivity index (χ3v) is 6.16. The van der Waals surface area contributed by atoms with Crippen molar-refractivity contribution in [3.63, 3.8) is 0 Å². The number of hydrogen-bond acceptors (Lipinski definition) is 6. The molecule has 0 bridgehead atoms. The van der Waals surface area contributed by atoms with Crippen LogP contribution in [0.2, 0.25) is 0 Å². The lowest BCUT2D eigenvalue weighted by molar-refractivity contribution is -0.113. The van der Waals surface area contributed by atoms with E-state index in [2.05, 4.69) is 6.92 Å². The Bertz CT molecular complexity index is 943. The van der Waals surface area contributed by atoms with Crippen molar-refractivity contribution in [1.29, 1.82) is 0 Å². The second-order valence-corrected chi connectivity index (χ2v) is 8.76. The molecule has 0 spiro atoms. The summed E-state index contributed by atoms with van der Waals surface area (Å²) in [4.78, 5) is 16.3. The van der Waals surface area contributed by atoms with Crippen molar-refractivity contribution in [2.24, 2.45) is 0 Å². The highest BCUT2D eigenvalue weighted by Crippen LogP contribution is 2.38. The number of carbonyl (C=O) groups excluding carboxylic acids is 1. The van der Waals surface area contributed by atoms with Gasteiger partial charge in [-0.1, -0.05) is 43.0 Å². The zero-order valence-electron chi connectivity index (χ0n) is 16.6. The molecule has 29 heavy (non-hydrogen) atoms. The molecule has 0 unspecified atom stereocenters. The molecule has 7 heteroatoms. The summed E-state index contributed by atoms with van der Waals surface area (Å²) in [5.74, 6) is 1.28. The second-order valence-electron chi connectivity index (χ2n) is 6.21. The summed E-state index contributed by atoms with van der Waals surface area (Å²) < 4.78 is 12.0. The van der Waals surface area contributed by atoms with Crippen LogP contribution in [0.4, 0.5) is 5.69 Å². The van der Waals surface area contributed by atoms with Crippen LogP contribution in [0.15, 0.2) is 52.3 Å². The summed E-state index contributed by atoms with van der Waals surface area (Å²) in [6.07, 6.45) is 4.78. The Labute approximate surface area is 185 Å². The van der Waals surface area contributed by atoms with Gasteiger partial charge < -0.3 is 9.47 Å². The van der Waals surface area contributed by atoms with Crippen molar-refractivity contribution >= 4 is 57.7 Å². The molecule has 2 aromatic rings. The molecule has 2 aromatic carbocycles. The van der Waals surface area contributed by atoms with Gasteiger partial charge in [-0.05, 0) is 61.6 Å². The molecular weight excluding hydrogens is 422 g/mol. The van der Waals surface area contributed by atoms with Crippen molar-refractivity contribution in [3.05, 3.63) is 52.9 Å². The molecule has 1 fully saturated rings. The first-order chi connectivity index (χ1) is 14.1. The fraction of sp³-hybridized carbons (Fsp3) is 0.273. The van der Waals surface area contributed by atoms with Crippen molar-refractivity contribution in [2.75, 3.05) is 24.4 Å². The van der Waals surface area contributed by atoms with Crippen LogP contribution in [0, 0.1) is 0 Å². The topological polar surface area (TPSA) is 38.8 Å². The molecule has 0 atom stereocenters. The summed E-state index contributed by atoms with van der Waals surface area (Å²) in [6, 6.07) is 13.5. The van der Waals surface area contributed by atoms with Gasteiger partial charge >= 0.3 is 0 Å². The van der Waals surface area contributed by atoms with Gasteiger partial charge in [-0.3, -0.25) is 9.69 Å². The van der Waals surface area contributed by atoms with Gasteiger partial charge in [0.2, 0.25) is 0 Å². The van der Waals surface area contributed by atoms with Gasteiger partial charge in [-0.15, -0.1) is 11.8 Å². The van der Waals surface area contributed by atoms with Gasteiger partial charge in [0.25, 0.3) is 5.91 Å². The number of benzene rings is 2. The molecule has 0 aliphatic carbocycles. The molecule has 4 nitrogen and oxygen atoms in total. The molecular formula is C22H23NO3S3. The lowest BCUT2D eigenvalue weighted by atomic mass is 10.1. The van der Waals surface area contributed by atoms with Crippen LogP contribution in [0.1, 0.15) is 25.8 Å². The summed E-state index contributed by atoms with van der Waals surface area (Å²) in [7, 11) is 0.